The van der Waals surface area contributed by atoms with Gasteiger partial charge in [0.15, 0.2) is 5.16 Å². The van der Waals surface area contributed by atoms with Crippen molar-refractivity contribution < 1.29 is 9.53 Å². The van der Waals surface area contributed by atoms with Gasteiger partial charge < -0.3 is 10.1 Å². The number of hydrogen-bond donors (Lipinski definition) is 1. The Morgan fingerprint density at radius 2 is 1.85 bits per heavy atom. The van der Waals surface area contributed by atoms with Crippen LogP contribution < -0.4 is 10.1 Å². The molecule has 0 bridgehead atoms. The summed E-state index contributed by atoms with van der Waals surface area (Å²) in [6.45, 7) is 10.6. The SMILES string of the molecule is COc1ccc(-n2cnnc2SCC(=O)NC(C)(C)CC(C)(C)C)cc1. The molecule has 0 radical (unpaired) electrons. The average Bonchev–Trinajstić information content (AvgIpc) is 2.98. The number of nitrogens with zero attached hydrogens (tertiary/aromatic N) is 3. The Morgan fingerprint density at radius 1 is 1.19 bits per heavy atom. The molecule has 0 fully saturated rings. The first kappa shape index (κ1) is 20.3. The van der Waals surface area contributed by atoms with Gasteiger partial charge in [-0.15, -0.1) is 10.2 Å². The molecule has 0 spiro atoms. The molecule has 142 valence electrons. The molecule has 0 saturated carbocycles. The molecule has 0 aliphatic carbocycles. The lowest BCUT2D eigenvalue weighted by molar-refractivity contribution is -0.120. The highest BCUT2D eigenvalue weighted by Gasteiger charge is 2.27. The fraction of sp³-hybridized carbons (Fsp3) is 0.526. The summed E-state index contributed by atoms with van der Waals surface area (Å²) in [5, 5.41) is 11.9. The van der Waals surface area contributed by atoms with Crippen molar-refractivity contribution in [2.75, 3.05) is 12.9 Å². The van der Waals surface area contributed by atoms with Crippen molar-refractivity contribution in [1.29, 1.82) is 0 Å². The second-order valence-electron chi connectivity index (χ2n) is 8.14. The third-order valence-corrected chi connectivity index (χ3v) is 4.59. The predicted octanol–water partition coefficient (Wildman–Crippen LogP) is 3.70. The quantitative estimate of drug-likeness (QED) is 0.746. The first-order valence-electron chi connectivity index (χ1n) is 8.58. The molecule has 6 nitrogen and oxygen atoms in total. The lowest BCUT2D eigenvalue weighted by Crippen LogP contribution is -2.46. The molecule has 1 N–H and O–H groups in total. The standard InChI is InChI=1S/C19H28N4O2S/c1-18(2,3)12-19(4,5)21-16(24)11-26-17-22-20-13-23(17)14-7-9-15(25-6)10-8-14/h7-10,13H,11-12H2,1-6H3,(H,21,24). The lowest BCUT2D eigenvalue weighted by atomic mass is 9.82. The molecule has 1 aromatic carbocycles. The van der Waals surface area contributed by atoms with Crippen molar-refractivity contribution >= 4 is 17.7 Å². The first-order valence-corrected chi connectivity index (χ1v) is 9.56. The molecule has 0 saturated heterocycles. The number of rotatable bonds is 7. The first-order chi connectivity index (χ1) is 12.1. The van der Waals surface area contributed by atoms with Crippen LogP contribution in [0.1, 0.15) is 41.0 Å². The van der Waals surface area contributed by atoms with E-state index in [1.54, 1.807) is 13.4 Å². The minimum atomic E-state index is -0.250. The molecule has 0 aliphatic heterocycles. The summed E-state index contributed by atoms with van der Waals surface area (Å²) < 4.78 is 7.04. The number of carbonyl (C=O) groups is 1. The number of benzene rings is 1. The van der Waals surface area contributed by atoms with Gasteiger partial charge in [-0.1, -0.05) is 32.5 Å². The second-order valence-corrected chi connectivity index (χ2v) is 9.08. The van der Waals surface area contributed by atoms with Crippen LogP contribution in [0.5, 0.6) is 5.75 Å². The van der Waals surface area contributed by atoms with E-state index in [0.717, 1.165) is 17.9 Å². The van der Waals surface area contributed by atoms with E-state index in [-0.39, 0.29) is 16.9 Å². The van der Waals surface area contributed by atoms with Gasteiger partial charge in [0.05, 0.1) is 12.9 Å². The Balaban J connectivity index is 1.98. The molecular formula is C19H28N4O2S. The minimum Gasteiger partial charge on any atom is -0.497 e. The molecule has 0 unspecified atom stereocenters. The maximum Gasteiger partial charge on any atom is 0.230 e. The number of hydrogen-bond acceptors (Lipinski definition) is 5. The highest BCUT2D eigenvalue weighted by atomic mass is 32.2. The maximum absolute atomic E-state index is 12.4. The van der Waals surface area contributed by atoms with Crippen LogP contribution in [0.4, 0.5) is 0 Å². The van der Waals surface area contributed by atoms with Crippen molar-refractivity contribution in [3.05, 3.63) is 30.6 Å². The van der Waals surface area contributed by atoms with Gasteiger partial charge in [0.2, 0.25) is 5.91 Å². The molecule has 0 aliphatic rings. The summed E-state index contributed by atoms with van der Waals surface area (Å²) in [5.74, 6) is 1.08. The van der Waals surface area contributed by atoms with E-state index >= 15 is 0 Å². The van der Waals surface area contributed by atoms with Crippen LogP contribution in [0.15, 0.2) is 35.7 Å². The summed E-state index contributed by atoms with van der Waals surface area (Å²) in [6, 6.07) is 7.62. The van der Waals surface area contributed by atoms with Crippen LogP contribution in [0.3, 0.4) is 0 Å². The van der Waals surface area contributed by atoms with Gasteiger partial charge in [-0.2, -0.15) is 0 Å². The fourth-order valence-corrected chi connectivity index (χ4v) is 3.89. The molecule has 2 aromatic rings. The van der Waals surface area contributed by atoms with Crippen LogP contribution in [0.2, 0.25) is 0 Å². The number of amides is 1. The zero-order chi connectivity index (χ0) is 19.4. The molecule has 26 heavy (non-hydrogen) atoms. The number of nitrogens with one attached hydrogen (secondary N) is 1. The zero-order valence-electron chi connectivity index (χ0n) is 16.4. The van der Waals surface area contributed by atoms with Crippen molar-refractivity contribution in [2.24, 2.45) is 5.41 Å². The molecule has 1 aromatic heterocycles. The number of ether oxygens (including phenoxy) is 1. The normalized spacial score (nSPS) is 12.1. The fourth-order valence-electron chi connectivity index (χ4n) is 3.16. The van der Waals surface area contributed by atoms with Gasteiger partial charge >= 0.3 is 0 Å². The van der Waals surface area contributed by atoms with E-state index in [9.17, 15) is 4.79 Å². The van der Waals surface area contributed by atoms with E-state index in [0.29, 0.717) is 10.9 Å². The van der Waals surface area contributed by atoms with Crippen molar-refractivity contribution in [1.82, 2.24) is 20.1 Å². The molecule has 1 heterocycles. The monoisotopic (exact) mass is 376 g/mol. The zero-order valence-corrected chi connectivity index (χ0v) is 17.2. The van der Waals surface area contributed by atoms with Gasteiger partial charge in [-0.3, -0.25) is 9.36 Å². The Morgan fingerprint density at radius 3 is 2.42 bits per heavy atom. The lowest BCUT2D eigenvalue weighted by Gasteiger charge is -2.33. The third-order valence-electron chi connectivity index (χ3n) is 3.65. The Labute approximate surface area is 159 Å². The molecule has 0 atom stereocenters. The minimum absolute atomic E-state index is 0.00599. The van der Waals surface area contributed by atoms with Gasteiger partial charge in [0.1, 0.15) is 12.1 Å². The highest BCUT2D eigenvalue weighted by molar-refractivity contribution is 7.99. The highest BCUT2D eigenvalue weighted by Crippen LogP contribution is 2.27. The van der Waals surface area contributed by atoms with E-state index < -0.39 is 0 Å². The summed E-state index contributed by atoms with van der Waals surface area (Å²) in [5.41, 5.74) is 0.824. The largest absolute Gasteiger partial charge is 0.497 e. The van der Waals surface area contributed by atoms with E-state index in [1.165, 1.54) is 11.8 Å². The van der Waals surface area contributed by atoms with Crippen LogP contribution in [-0.4, -0.2) is 39.1 Å². The number of thioether (sulfide) groups is 1. The second kappa shape index (κ2) is 8.12. The van der Waals surface area contributed by atoms with Crippen LogP contribution >= 0.6 is 11.8 Å². The van der Waals surface area contributed by atoms with Gasteiger partial charge in [0.25, 0.3) is 0 Å². The summed E-state index contributed by atoms with van der Waals surface area (Å²) >= 11 is 1.37. The van der Waals surface area contributed by atoms with Gasteiger partial charge in [-0.05, 0) is 49.9 Å². The summed E-state index contributed by atoms with van der Waals surface area (Å²) in [7, 11) is 1.63. The summed E-state index contributed by atoms with van der Waals surface area (Å²) in [4.78, 5) is 12.4. The number of aromatic nitrogens is 3. The third kappa shape index (κ3) is 6.05. The van der Waals surface area contributed by atoms with E-state index in [4.69, 9.17) is 4.74 Å². The maximum atomic E-state index is 12.4. The summed E-state index contributed by atoms with van der Waals surface area (Å²) in [6.07, 6.45) is 2.55. The van der Waals surface area contributed by atoms with Crippen molar-refractivity contribution in [2.45, 2.75) is 51.7 Å². The van der Waals surface area contributed by atoms with Crippen molar-refractivity contribution in [3.8, 4) is 11.4 Å². The Hall–Kier alpha value is -2.02. The smallest absolute Gasteiger partial charge is 0.230 e. The molecule has 1 amide bonds. The Kier molecular flexibility index (Phi) is 6.34. The van der Waals surface area contributed by atoms with Crippen LogP contribution in [0.25, 0.3) is 5.69 Å². The van der Waals surface area contributed by atoms with Gasteiger partial charge in [-0.25, -0.2) is 0 Å². The van der Waals surface area contributed by atoms with Crippen molar-refractivity contribution in [3.63, 3.8) is 0 Å². The average molecular weight is 377 g/mol. The van der Waals surface area contributed by atoms with Crippen LogP contribution in [0, 0.1) is 5.41 Å². The molecular weight excluding hydrogens is 348 g/mol. The van der Waals surface area contributed by atoms with E-state index in [2.05, 4.69) is 50.1 Å². The molecule has 7 heteroatoms. The van der Waals surface area contributed by atoms with Gasteiger partial charge in [0, 0.05) is 11.2 Å². The van der Waals surface area contributed by atoms with E-state index in [1.807, 2.05) is 28.8 Å². The number of methoxy groups -OCH3 is 1. The molecule has 2 rings (SSSR count). The number of carbonyl (C=O) groups excluding carboxylic acids is 1. The van der Waals surface area contributed by atoms with Crippen LogP contribution in [-0.2, 0) is 4.79 Å². The predicted molar refractivity (Wildman–Crippen MR) is 105 cm³/mol. The topological polar surface area (TPSA) is 69.0 Å². The Bertz CT molecular complexity index is 733.